The van der Waals surface area contributed by atoms with Crippen molar-refractivity contribution in [1.29, 1.82) is 0 Å². The molecular formula is C28H38N2O4. The van der Waals surface area contributed by atoms with E-state index in [-0.39, 0.29) is 17.9 Å². The zero-order chi connectivity index (χ0) is 24.3. The van der Waals surface area contributed by atoms with Crippen molar-refractivity contribution in [1.82, 2.24) is 10.2 Å². The van der Waals surface area contributed by atoms with Crippen LogP contribution in [0.25, 0.3) is 0 Å². The summed E-state index contributed by atoms with van der Waals surface area (Å²) in [6.07, 6.45) is 6.48. The van der Waals surface area contributed by atoms with E-state index in [9.17, 15) is 9.59 Å². The topological polar surface area (TPSA) is 67.9 Å². The van der Waals surface area contributed by atoms with Gasteiger partial charge in [0.25, 0.3) is 0 Å². The van der Waals surface area contributed by atoms with E-state index in [1.165, 1.54) is 6.42 Å². The van der Waals surface area contributed by atoms with Crippen LogP contribution in [-0.2, 0) is 16.1 Å². The van der Waals surface area contributed by atoms with Crippen LogP contribution >= 0.6 is 0 Å². The standard InChI is InChI=1S/C28H38N2O4/c1-21-10-7-8-11-23(21)20-30(22(2)28(32)29-24-12-5-4-6-13-24)27(31)14-9-19-34-26-17-15-25(33-3)16-18-26/h7-8,10-11,15-18,22,24H,4-6,9,12-14,19-20H2,1-3H3,(H,29,32)/t22-/m1/s1. The van der Waals surface area contributed by atoms with E-state index in [0.29, 0.717) is 26.0 Å². The summed E-state index contributed by atoms with van der Waals surface area (Å²) in [7, 11) is 1.63. The summed E-state index contributed by atoms with van der Waals surface area (Å²) in [6, 6.07) is 15.1. The molecule has 2 amide bonds. The van der Waals surface area contributed by atoms with Crippen LogP contribution in [0.2, 0.25) is 0 Å². The Kier molecular flexibility index (Phi) is 9.80. The molecule has 1 aliphatic rings. The van der Waals surface area contributed by atoms with Gasteiger partial charge in [0.1, 0.15) is 17.5 Å². The molecule has 1 atom stereocenters. The molecule has 1 fully saturated rings. The molecule has 6 heteroatoms. The van der Waals surface area contributed by atoms with E-state index in [2.05, 4.69) is 5.32 Å². The number of hydrogen-bond acceptors (Lipinski definition) is 4. The Bertz CT molecular complexity index is 922. The maximum atomic E-state index is 13.3. The number of carbonyl (C=O) groups excluding carboxylic acids is 2. The molecule has 34 heavy (non-hydrogen) atoms. The highest BCUT2D eigenvalue weighted by Gasteiger charge is 2.28. The molecule has 3 rings (SSSR count). The largest absolute Gasteiger partial charge is 0.497 e. The molecule has 2 aromatic rings. The third-order valence-corrected chi connectivity index (χ3v) is 6.58. The highest BCUT2D eigenvalue weighted by Crippen LogP contribution is 2.20. The first kappa shape index (κ1) is 25.6. The lowest BCUT2D eigenvalue weighted by Crippen LogP contribution is -2.50. The summed E-state index contributed by atoms with van der Waals surface area (Å²) in [5.74, 6) is 1.41. The molecule has 0 aliphatic heterocycles. The van der Waals surface area contributed by atoms with E-state index >= 15 is 0 Å². The van der Waals surface area contributed by atoms with Gasteiger partial charge in [0.2, 0.25) is 11.8 Å². The van der Waals surface area contributed by atoms with Crippen molar-refractivity contribution in [2.75, 3.05) is 13.7 Å². The average molecular weight is 467 g/mol. The minimum atomic E-state index is -0.531. The number of nitrogens with zero attached hydrogens (tertiary/aromatic N) is 1. The number of aryl methyl sites for hydroxylation is 1. The maximum Gasteiger partial charge on any atom is 0.242 e. The van der Waals surface area contributed by atoms with Gasteiger partial charge in [-0.2, -0.15) is 0 Å². The van der Waals surface area contributed by atoms with Crippen molar-refractivity contribution in [3.05, 3.63) is 59.7 Å². The first-order chi connectivity index (χ1) is 16.5. The number of nitrogens with one attached hydrogen (secondary N) is 1. The molecule has 0 radical (unpaired) electrons. The Morgan fingerprint density at radius 2 is 1.71 bits per heavy atom. The maximum absolute atomic E-state index is 13.3. The molecule has 0 bridgehead atoms. The number of rotatable bonds is 11. The van der Waals surface area contributed by atoms with Gasteiger partial charge in [0, 0.05) is 19.0 Å². The van der Waals surface area contributed by atoms with Crippen LogP contribution in [-0.4, -0.2) is 42.5 Å². The van der Waals surface area contributed by atoms with Crippen molar-refractivity contribution in [2.45, 2.75) is 77.4 Å². The Morgan fingerprint density at radius 1 is 1.03 bits per heavy atom. The lowest BCUT2D eigenvalue weighted by Gasteiger charge is -2.31. The summed E-state index contributed by atoms with van der Waals surface area (Å²) >= 11 is 0. The highest BCUT2D eigenvalue weighted by atomic mass is 16.5. The summed E-state index contributed by atoms with van der Waals surface area (Å²) in [5.41, 5.74) is 2.17. The van der Waals surface area contributed by atoms with Crippen LogP contribution in [0.3, 0.4) is 0 Å². The van der Waals surface area contributed by atoms with Gasteiger partial charge >= 0.3 is 0 Å². The summed E-state index contributed by atoms with van der Waals surface area (Å²) in [5, 5.41) is 3.18. The normalized spacial score (nSPS) is 14.8. The fourth-order valence-corrected chi connectivity index (χ4v) is 4.35. The molecule has 6 nitrogen and oxygen atoms in total. The van der Waals surface area contributed by atoms with Crippen molar-refractivity contribution in [2.24, 2.45) is 0 Å². The molecule has 184 valence electrons. The molecule has 0 heterocycles. The van der Waals surface area contributed by atoms with Gasteiger partial charge in [0.15, 0.2) is 0 Å². The summed E-state index contributed by atoms with van der Waals surface area (Å²) in [6.45, 7) is 4.72. The number of methoxy groups -OCH3 is 1. The molecule has 2 aromatic carbocycles. The van der Waals surface area contributed by atoms with Crippen molar-refractivity contribution in [3.8, 4) is 11.5 Å². The molecule has 0 unspecified atom stereocenters. The number of hydrogen-bond donors (Lipinski definition) is 1. The van der Waals surface area contributed by atoms with Crippen molar-refractivity contribution in [3.63, 3.8) is 0 Å². The van der Waals surface area contributed by atoms with Crippen LogP contribution in [0.4, 0.5) is 0 Å². The van der Waals surface area contributed by atoms with Crippen LogP contribution in [0.15, 0.2) is 48.5 Å². The van der Waals surface area contributed by atoms with Gasteiger partial charge in [0.05, 0.1) is 13.7 Å². The fourth-order valence-electron chi connectivity index (χ4n) is 4.35. The van der Waals surface area contributed by atoms with Gasteiger partial charge in [-0.05, 0) is 68.5 Å². The average Bonchev–Trinajstić information content (AvgIpc) is 2.86. The van der Waals surface area contributed by atoms with Gasteiger partial charge in [-0.1, -0.05) is 43.5 Å². The molecule has 0 spiro atoms. The second-order valence-corrected chi connectivity index (χ2v) is 9.10. The summed E-state index contributed by atoms with van der Waals surface area (Å²) in [4.78, 5) is 28.0. The molecule has 1 aliphatic carbocycles. The van der Waals surface area contributed by atoms with Gasteiger partial charge in [-0.25, -0.2) is 0 Å². The molecule has 1 saturated carbocycles. The number of carbonyl (C=O) groups is 2. The highest BCUT2D eigenvalue weighted by molar-refractivity contribution is 5.87. The smallest absolute Gasteiger partial charge is 0.242 e. The Balaban J connectivity index is 1.59. The predicted octanol–water partition coefficient (Wildman–Crippen LogP) is 5.03. The van der Waals surface area contributed by atoms with Gasteiger partial charge in [-0.3, -0.25) is 9.59 Å². The monoisotopic (exact) mass is 466 g/mol. The second-order valence-electron chi connectivity index (χ2n) is 9.10. The van der Waals surface area contributed by atoms with Crippen molar-refractivity contribution >= 4 is 11.8 Å². The lowest BCUT2D eigenvalue weighted by molar-refractivity contribution is -0.141. The molecule has 1 N–H and O–H groups in total. The first-order valence-corrected chi connectivity index (χ1v) is 12.4. The number of benzene rings is 2. The third-order valence-electron chi connectivity index (χ3n) is 6.58. The van der Waals surface area contributed by atoms with Crippen LogP contribution in [0.5, 0.6) is 11.5 Å². The zero-order valence-corrected chi connectivity index (χ0v) is 20.7. The Hall–Kier alpha value is -3.02. The predicted molar refractivity (Wildman–Crippen MR) is 134 cm³/mol. The lowest BCUT2D eigenvalue weighted by atomic mass is 9.95. The Labute approximate surface area is 203 Å². The first-order valence-electron chi connectivity index (χ1n) is 12.4. The van der Waals surface area contributed by atoms with Crippen LogP contribution < -0.4 is 14.8 Å². The molecule has 0 saturated heterocycles. The zero-order valence-electron chi connectivity index (χ0n) is 20.7. The van der Waals surface area contributed by atoms with E-state index in [0.717, 1.165) is 48.3 Å². The third kappa shape index (κ3) is 7.51. The van der Waals surface area contributed by atoms with Crippen LogP contribution in [0.1, 0.15) is 63.0 Å². The quantitative estimate of drug-likeness (QED) is 0.472. The second kappa shape index (κ2) is 13.0. The Morgan fingerprint density at radius 3 is 2.38 bits per heavy atom. The SMILES string of the molecule is COc1ccc(OCCCC(=O)N(Cc2ccccc2C)[C@H](C)C(=O)NC2CCCCC2)cc1. The number of ether oxygens (including phenoxy) is 2. The minimum Gasteiger partial charge on any atom is -0.497 e. The number of amides is 2. The van der Waals surface area contributed by atoms with Crippen LogP contribution in [0, 0.1) is 6.92 Å². The minimum absolute atomic E-state index is 0.0344. The van der Waals surface area contributed by atoms with Crippen molar-refractivity contribution < 1.29 is 19.1 Å². The molecule has 0 aromatic heterocycles. The van der Waals surface area contributed by atoms with E-state index in [4.69, 9.17) is 9.47 Å². The summed E-state index contributed by atoms with van der Waals surface area (Å²) < 4.78 is 10.9. The van der Waals surface area contributed by atoms with Gasteiger partial charge in [-0.15, -0.1) is 0 Å². The van der Waals surface area contributed by atoms with E-state index in [1.807, 2.05) is 62.4 Å². The fraction of sp³-hybridized carbons (Fsp3) is 0.500. The van der Waals surface area contributed by atoms with Gasteiger partial charge < -0.3 is 19.7 Å². The van der Waals surface area contributed by atoms with E-state index < -0.39 is 6.04 Å². The molecular weight excluding hydrogens is 428 g/mol. The van der Waals surface area contributed by atoms with E-state index in [1.54, 1.807) is 12.0 Å².